The van der Waals surface area contributed by atoms with Crippen LogP contribution in [0.5, 0.6) is 0 Å². The third kappa shape index (κ3) is 1.37. The van der Waals surface area contributed by atoms with Crippen molar-refractivity contribution in [3.63, 3.8) is 0 Å². The molecule has 0 aromatic rings. The predicted molar refractivity (Wildman–Crippen MR) is 51.9 cm³/mol. The average Bonchev–Trinajstić information content (AvgIpc) is 2.74. The fourth-order valence-corrected chi connectivity index (χ4v) is 2.56. The Morgan fingerprint density at radius 3 is 2.75 bits per heavy atom. The zero-order valence-electron chi connectivity index (χ0n) is 8.03. The van der Waals surface area contributed by atoms with Gasteiger partial charge in [0.25, 0.3) is 0 Å². The SMILES string of the molecule is CC[C@@H]1CCNC1=C1CCCC1. The summed E-state index contributed by atoms with van der Waals surface area (Å²) in [5, 5.41) is 3.58. The summed E-state index contributed by atoms with van der Waals surface area (Å²) >= 11 is 0. The van der Waals surface area contributed by atoms with E-state index in [1.165, 1.54) is 45.1 Å². The van der Waals surface area contributed by atoms with E-state index < -0.39 is 0 Å². The lowest BCUT2D eigenvalue weighted by molar-refractivity contribution is 0.610. The second-order valence-corrected chi connectivity index (χ2v) is 4.04. The third-order valence-corrected chi connectivity index (χ3v) is 3.30. The maximum atomic E-state index is 3.58. The van der Waals surface area contributed by atoms with Crippen LogP contribution in [0.25, 0.3) is 0 Å². The maximum absolute atomic E-state index is 3.58. The van der Waals surface area contributed by atoms with Crippen LogP contribution < -0.4 is 5.32 Å². The standard InChI is InChI=1S/C11H19N/c1-2-9-7-8-12-11(9)10-5-3-4-6-10/h9,12H,2-8H2,1H3/t9-/m1/s1. The molecule has 1 saturated heterocycles. The lowest BCUT2D eigenvalue weighted by Crippen LogP contribution is -2.09. The first kappa shape index (κ1) is 8.15. The Balaban J connectivity index is 2.14. The lowest BCUT2D eigenvalue weighted by Gasteiger charge is -2.11. The van der Waals surface area contributed by atoms with Gasteiger partial charge in [-0.25, -0.2) is 0 Å². The van der Waals surface area contributed by atoms with Gasteiger partial charge in [0.2, 0.25) is 0 Å². The monoisotopic (exact) mass is 165 g/mol. The lowest BCUT2D eigenvalue weighted by atomic mass is 9.98. The minimum atomic E-state index is 0.873. The quantitative estimate of drug-likeness (QED) is 0.630. The summed E-state index contributed by atoms with van der Waals surface area (Å²) in [7, 11) is 0. The van der Waals surface area contributed by atoms with E-state index in [2.05, 4.69) is 12.2 Å². The van der Waals surface area contributed by atoms with E-state index in [4.69, 9.17) is 0 Å². The minimum Gasteiger partial charge on any atom is -0.388 e. The number of hydrogen-bond acceptors (Lipinski definition) is 1. The van der Waals surface area contributed by atoms with E-state index >= 15 is 0 Å². The van der Waals surface area contributed by atoms with Crippen molar-refractivity contribution in [1.82, 2.24) is 5.32 Å². The number of rotatable bonds is 1. The molecule has 1 aliphatic carbocycles. The van der Waals surface area contributed by atoms with Crippen LogP contribution in [0, 0.1) is 5.92 Å². The van der Waals surface area contributed by atoms with Crippen molar-refractivity contribution in [3.05, 3.63) is 11.3 Å². The van der Waals surface area contributed by atoms with Gasteiger partial charge in [-0.3, -0.25) is 0 Å². The molecular formula is C11H19N. The zero-order chi connectivity index (χ0) is 8.39. The van der Waals surface area contributed by atoms with Gasteiger partial charge in [0.1, 0.15) is 0 Å². The summed E-state index contributed by atoms with van der Waals surface area (Å²) in [6.45, 7) is 3.53. The Labute approximate surface area is 75.2 Å². The van der Waals surface area contributed by atoms with Gasteiger partial charge < -0.3 is 5.32 Å². The largest absolute Gasteiger partial charge is 0.388 e. The summed E-state index contributed by atoms with van der Waals surface area (Å²) in [6.07, 6.45) is 8.30. The van der Waals surface area contributed by atoms with Crippen molar-refractivity contribution >= 4 is 0 Å². The fraction of sp³-hybridized carbons (Fsp3) is 0.818. The fourth-order valence-electron chi connectivity index (χ4n) is 2.56. The van der Waals surface area contributed by atoms with Gasteiger partial charge in [-0.1, -0.05) is 12.5 Å². The molecule has 0 aromatic heterocycles. The second kappa shape index (κ2) is 3.51. The third-order valence-electron chi connectivity index (χ3n) is 3.30. The molecule has 2 fully saturated rings. The molecule has 2 aliphatic rings. The summed E-state index contributed by atoms with van der Waals surface area (Å²) < 4.78 is 0. The molecule has 0 bridgehead atoms. The van der Waals surface area contributed by atoms with Gasteiger partial charge in [0.15, 0.2) is 0 Å². The highest BCUT2D eigenvalue weighted by Crippen LogP contribution is 2.33. The molecule has 1 heteroatoms. The summed E-state index contributed by atoms with van der Waals surface area (Å²) in [6, 6.07) is 0. The van der Waals surface area contributed by atoms with Crippen LogP contribution in [0.3, 0.4) is 0 Å². The van der Waals surface area contributed by atoms with Crippen LogP contribution in [-0.2, 0) is 0 Å². The van der Waals surface area contributed by atoms with Crippen LogP contribution in [0.4, 0.5) is 0 Å². The van der Waals surface area contributed by atoms with E-state index in [-0.39, 0.29) is 0 Å². The molecule has 0 unspecified atom stereocenters. The number of allylic oxidation sites excluding steroid dienone is 2. The highest BCUT2D eigenvalue weighted by molar-refractivity contribution is 5.20. The van der Waals surface area contributed by atoms with Gasteiger partial charge in [0.05, 0.1) is 0 Å². The first-order chi connectivity index (χ1) is 5.92. The van der Waals surface area contributed by atoms with E-state index in [9.17, 15) is 0 Å². The summed E-state index contributed by atoms with van der Waals surface area (Å²) in [5.41, 5.74) is 3.38. The molecule has 1 aliphatic heterocycles. The molecule has 12 heavy (non-hydrogen) atoms. The minimum absolute atomic E-state index is 0.873. The molecule has 0 aromatic carbocycles. The maximum Gasteiger partial charge on any atom is 0.0150 e. The molecule has 0 amide bonds. The normalized spacial score (nSPS) is 29.6. The molecule has 0 spiro atoms. The number of hydrogen-bond donors (Lipinski definition) is 1. The van der Waals surface area contributed by atoms with Gasteiger partial charge in [-0.05, 0) is 44.4 Å². The van der Waals surface area contributed by atoms with Crippen LogP contribution >= 0.6 is 0 Å². The number of nitrogens with one attached hydrogen (secondary N) is 1. The molecular weight excluding hydrogens is 146 g/mol. The Morgan fingerprint density at radius 1 is 1.33 bits per heavy atom. The Morgan fingerprint density at radius 2 is 2.08 bits per heavy atom. The van der Waals surface area contributed by atoms with Gasteiger partial charge in [-0.2, -0.15) is 0 Å². The molecule has 68 valence electrons. The topological polar surface area (TPSA) is 12.0 Å². The van der Waals surface area contributed by atoms with Gasteiger partial charge in [0, 0.05) is 12.2 Å². The van der Waals surface area contributed by atoms with Crippen LogP contribution in [0.1, 0.15) is 45.4 Å². The van der Waals surface area contributed by atoms with Crippen LogP contribution in [-0.4, -0.2) is 6.54 Å². The highest BCUT2D eigenvalue weighted by Gasteiger charge is 2.23. The van der Waals surface area contributed by atoms with Crippen molar-refractivity contribution in [2.24, 2.45) is 5.92 Å². The second-order valence-electron chi connectivity index (χ2n) is 4.04. The van der Waals surface area contributed by atoms with Crippen molar-refractivity contribution in [2.45, 2.75) is 45.4 Å². The highest BCUT2D eigenvalue weighted by atomic mass is 14.9. The van der Waals surface area contributed by atoms with E-state index in [0.717, 1.165) is 5.92 Å². The van der Waals surface area contributed by atoms with Crippen molar-refractivity contribution in [1.29, 1.82) is 0 Å². The molecule has 1 nitrogen and oxygen atoms in total. The first-order valence-corrected chi connectivity index (χ1v) is 5.37. The molecule has 1 N–H and O–H groups in total. The summed E-state index contributed by atoms with van der Waals surface area (Å²) in [5.74, 6) is 0.873. The molecule has 2 rings (SSSR count). The van der Waals surface area contributed by atoms with Crippen molar-refractivity contribution in [3.8, 4) is 0 Å². The van der Waals surface area contributed by atoms with E-state index in [1.54, 1.807) is 11.3 Å². The molecule has 1 saturated carbocycles. The van der Waals surface area contributed by atoms with E-state index in [1.807, 2.05) is 0 Å². The van der Waals surface area contributed by atoms with E-state index in [0.29, 0.717) is 0 Å². The zero-order valence-corrected chi connectivity index (χ0v) is 8.03. The summed E-state index contributed by atoms with van der Waals surface area (Å²) in [4.78, 5) is 0. The molecule has 1 atom stereocenters. The van der Waals surface area contributed by atoms with Gasteiger partial charge >= 0.3 is 0 Å². The molecule has 1 heterocycles. The Hall–Kier alpha value is -0.460. The Kier molecular flexibility index (Phi) is 2.38. The first-order valence-electron chi connectivity index (χ1n) is 5.37. The van der Waals surface area contributed by atoms with Gasteiger partial charge in [-0.15, -0.1) is 0 Å². The predicted octanol–water partition coefficient (Wildman–Crippen LogP) is 2.83. The van der Waals surface area contributed by atoms with Crippen LogP contribution in [0.2, 0.25) is 0 Å². The molecule has 0 radical (unpaired) electrons. The smallest absolute Gasteiger partial charge is 0.0150 e. The Bertz CT molecular complexity index is 185. The van der Waals surface area contributed by atoms with Crippen molar-refractivity contribution in [2.75, 3.05) is 6.54 Å². The van der Waals surface area contributed by atoms with Crippen LogP contribution in [0.15, 0.2) is 11.3 Å². The average molecular weight is 165 g/mol. The van der Waals surface area contributed by atoms with Crippen molar-refractivity contribution < 1.29 is 0 Å².